The minimum absolute atomic E-state index is 0.516. The van der Waals surface area contributed by atoms with E-state index in [1.54, 1.807) is 0 Å². The SMILES string of the molecule is c1cnc2c(c1)nc(C1CCSC1)n2-c1ccncc1. The number of rotatable bonds is 2. The van der Waals surface area contributed by atoms with Crippen LogP contribution in [0.3, 0.4) is 0 Å². The molecule has 4 nitrogen and oxygen atoms in total. The van der Waals surface area contributed by atoms with Crippen LogP contribution >= 0.6 is 11.8 Å². The van der Waals surface area contributed by atoms with Crippen molar-refractivity contribution in [1.29, 1.82) is 0 Å². The molecule has 0 aliphatic carbocycles. The number of thioether (sulfide) groups is 1. The van der Waals surface area contributed by atoms with E-state index >= 15 is 0 Å². The Balaban J connectivity index is 1.98. The Morgan fingerprint density at radius 3 is 2.85 bits per heavy atom. The predicted octanol–water partition coefficient (Wildman–Crippen LogP) is 3.04. The lowest BCUT2D eigenvalue weighted by molar-refractivity contribution is 0.705. The second-order valence-corrected chi connectivity index (χ2v) is 6.07. The molecule has 1 aliphatic rings. The van der Waals surface area contributed by atoms with Crippen LogP contribution in [0.1, 0.15) is 18.2 Å². The Morgan fingerprint density at radius 2 is 2.05 bits per heavy atom. The molecule has 3 aromatic rings. The van der Waals surface area contributed by atoms with Crippen molar-refractivity contribution in [2.45, 2.75) is 12.3 Å². The summed E-state index contributed by atoms with van der Waals surface area (Å²) in [5, 5.41) is 0. The normalized spacial score (nSPS) is 18.7. The van der Waals surface area contributed by atoms with E-state index in [4.69, 9.17) is 4.98 Å². The minimum atomic E-state index is 0.516. The van der Waals surface area contributed by atoms with Crippen LogP contribution in [0.5, 0.6) is 0 Å². The molecule has 1 atom stereocenters. The Kier molecular flexibility index (Phi) is 2.92. The average Bonchev–Trinajstić information content (AvgIpc) is 3.15. The third-order valence-electron chi connectivity index (χ3n) is 3.66. The van der Waals surface area contributed by atoms with Crippen LogP contribution in [-0.2, 0) is 0 Å². The maximum atomic E-state index is 4.84. The second kappa shape index (κ2) is 4.90. The van der Waals surface area contributed by atoms with E-state index in [1.807, 2.05) is 54.6 Å². The van der Waals surface area contributed by atoms with Crippen LogP contribution in [0, 0.1) is 0 Å². The highest BCUT2D eigenvalue weighted by atomic mass is 32.2. The first-order valence-electron chi connectivity index (χ1n) is 6.75. The van der Waals surface area contributed by atoms with E-state index in [-0.39, 0.29) is 0 Å². The van der Waals surface area contributed by atoms with Gasteiger partial charge in [0.05, 0.1) is 5.69 Å². The molecule has 0 amide bonds. The molecule has 1 fully saturated rings. The van der Waals surface area contributed by atoms with E-state index in [0.717, 1.165) is 28.4 Å². The van der Waals surface area contributed by atoms with Gasteiger partial charge in [-0.1, -0.05) is 0 Å². The molecule has 1 saturated heterocycles. The zero-order valence-electron chi connectivity index (χ0n) is 10.9. The molecular weight excluding hydrogens is 268 g/mol. The van der Waals surface area contributed by atoms with Crippen molar-refractivity contribution in [3.8, 4) is 5.69 Å². The summed E-state index contributed by atoms with van der Waals surface area (Å²) in [6.07, 6.45) is 6.66. The number of imidazole rings is 1. The molecular formula is C15H14N4S. The van der Waals surface area contributed by atoms with E-state index in [0.29, 0.717) is 5.92 Å². The molecule has 0 aromatic carbocycles. The standard InChI is InChI=1S/C15H14N4S/c1-2-13-15(17-6-1)19(12-3-7-16-8-4-12)14(18-13)11-5-9-20-10-11/h1-4,6-8,11H,5,9-10H2. The number of pyridine rings is 2. The summed E-state index contributed by atoms with van der Waals surface area (Å²) in [4.78, 5) is 13.5. The summed E-state index contributed by atoms with van der Waals surface area (Å²) in [5.41, 5.74) is 3.00. The first-order chi connectivity index (χ1) is 9.93. The Labute approximate surface area is 121 Å². The van der Waals surface area contributed by atoms with Crippen LogP contribution in [0.25, 0.3) is 16.9 Å². The lowest BCUT2D eigenvalue weighted by Crippen LogP contribution is -2.07. The van der Waals surface area contributed by atoms with E-state index in [9.17, 15) is 0 Å². The summed E-state index contributed by atoms with van der Waals surface area (Å²) in [6.45, 7) is 0. The highest BCUT2D eigenvalue weighted by Gasteiger charge is 2.25. The number of hydrogen-bond acceptors (Lipinski definition) is 4. The van der Waals surface area contributed by atoms with Gasteiger partial charge < -0.3 is 0 Å². The molecule has 0 bridgehead atoms. The number of aromatic nitrogens is 4. The van der Waals surface area contributed by atoms with E-state index in [2.05, 4.69) is 14.5 Å². The summed E-state index contributed by atoms with van der Waals surface area (Å²) in [5.74, 6) is 4.02. The third kappa shape index (κ3) is 1.89. The molecule has 0 radical (unpaired) electrons. The van der Waals surface area contributed by atoms with Gasteiger partial charge in [0.25, 0.3) is 0 Å². The fourth-order valence-electron chi connectivity index (χ4n) is 2.69. The van der Waals surface area contributed by atoms with Crippen molar-refractivity contribution in [1.82, 2.24) is 19.5 Å². The molecule has 1 aliphatic heterocycles. The van der Waals surface area contributed by atoms with Crippen molar-refractivity contribution in [3.63, 3.8) is 0 Å². The first kappa shape index (κ1) is 11.9. The number of fused-ring (bicyclic) bond motifs is 1. The fraction of sp³-hybridized carbons (Fsp3) is 0.267. The highest BCUT2D eigenvalue weighted by molar-refractivity contribution is 7.99. The lowest BCUT2D eigenvalue weighted by Gasteiger charge is -2.12. The summed E-state index contributed by atoms with van der Waals surface area (Å²) in [7, 11) is 0. The van der Waals surface area contributed by atoms with Crippen LogP contribution in [0.2, 0.25) is 0 Å². The van der Waals surface area contributed by atoms with Crippen LogP contribution in [-0.4, -0.2) is 31.0 Å². The Hall–Kier alpha value is -1.88. The molecule has 4 rings (SSSR count). The average molecular weight is 282 g/mol. The van der Waals surface area contributed by atoms with Gasteiger partial charge in [0, 0.05) is 30.3 Å². The van der Waals surface area contributed by atoms with Gasteiger partial charge in [-0.2, -0.15) is 11.8 Å². The molecule has 0 spiro atoms. The minimum Gasteiger partial charge on any atom is -0.280 e. The molecule has 1 unspecified atom stereocenters. The van der Waals surface area contributed by atoms with Gasteiger partial charge in [0.1, 0.15) is 11.3 Å². The second-order valence-electron chi connectivity index (χ2n) is 4.92. The highest BCUT2D eigenvalue weighted by Crippen LogP contribution is 2.34. The molecule has 3 aromatic heterocycles. The maximum Gasteiger partial charge on any atom is 0.164 e. The molecule has 0 saturated carbocycles. The lowest BCUT2D eigenvalue weighted by atomic mass is 10.1. The van der Waals surface area contributed by atoms with Gasteiger partial charge >= 0.3 is 0 Å². The summed E-state index contributed by atoms with van der Waals surface area (Å²) in [6, 6.07) is 8.01. The summed E-state index contributed by atoms with van der Waals surface area (Å²) < 4.78 is 2.19. The largest absolute Gasteiger partial charge is 0.280 e. The van der Waals surface area contributed by atoms with Gasteiger partial charge in [0.15, 0.2) is 5.65 Å². The van der Waals surface area contributed by atoms with Crippen molar-refractivity contribution in [2.24, 2.45) is 0 Å². The van der Waals surface area contributed by atoms with Gasteiger partial charge in [-0.15, -0.1) is 0 Å². The van der Waals surface area contributed by atoms with Gasteiger partial charge in [-0.25, -0.2) is 9.97 Å². The van der Waals surface area contributed by atoms with Crippen LogP contribution < -0.4 is 0 Å². The van der Waals surface area contributed by atoms with Crippen molar-refractivity contribution in [3.05, 3.63) is 48.7 Å². The maximum absolute atomic E-state index is 4.84. The monoisotopic (exact) mass is 282 g/mol. The van der Waals surface area contributed by atoms with Gasteiger partial charge in [-0.05, 0) is 36.4 Å². The zero-order chi connectivity index (χ0) is 13.4. The fourth-order valence-corrected chi connectivity index (χ4v) is 3.91. The Morgan fingerprint density at radius 1 is 1.15 bits per heavy atom. The molecule has 0 N–H and O–H groups in total. The van der Waals surface area contributed by atoms with Crippen molar-refractivity contribution in [2.75, 3.05) is 11.5 Å². The van der Waals surface area contributed by atoms with E-state index < -0.39 is 0 Å². The smallest absolute Gasteiger partial charge is 0.164 e. The first-order valence-corrected chi connectivity index (χ1v) is 7.90. The zero-order valence-corrected chi connectivity index (χ0v) is 11.8. The predicted molar refractivity (Wildman–Crippen MR) is 81.3 cm³/mol. The molecule has 5 heteroatoms. The van der Waals surface area contributed by atoms with Crippen LogP contribution in [0.4, 0.5) is 0 Å². The van der Waals surface area contributed by atoms with Gasteiger partial charge in [-0.3, -0.25) is 9.55 Å². The Bertz CT molecular complexity index is 732. The molecule has 4 heterocycles. The topological polar surface area (TPSA) is 43.6 Å². The quantitative estimate of drug-likeness (QED) is 0.724. The third-order valence-corrected chi connectivity index (χ3v) is 4.82. The molecule has 20 heavy (non-hydrogen) atoms. The van der Waals surface area contributed by atoms with Crippen molar-refractivity contribution < 1.29 is 0 Å². The van der Waals surface area contributed by atoms with Crippen molar-refractivity contribution >= 4 is 22.9 Å². The number of hydrogen-bond donors (Lipinski definition) is 0. The number of nitrogens with zero attached hydrogens (tertiary/aromatic N) is 4. The van der Waals surface area contributed by atoms with Crippen LogP contribution in [0.15, 0.2) is 42.9 Å². The van der Waals surface area contributed by atoms with E-state index in [1.165, 1.54) is 12.2 Å². The van der Waals surface area contributed by atoms with Gasteiger partial charge in [0.2, 0.25) is 0 Å². The molecule has 100 valence electrons. The summed E-state index contributed by atoms with van der Waals surface area (Å²) >= 11 is 2.00.